The van der Waals surface area contributed by atoms with Crippen molar-refractivity contribution in [3.63, 3.8) is 0 Å². The second kappa shape index (κ2) is 7.01. The molecule has 0 bridgehead atoms. The second-order valence-corrected chi connectivity index (χ2v) is 4.12. The first-order valence-electron chi connectivity index (χ1n) is 5.67. The highest BCUT2D eigenvalue weighted by molar-refractivity contribution is 5.81. The van der Waals surface area contributed by atoms with Crippen LogP contribution >= 0.6 is 0 Å². The summed E-state index contributed by atoms with van der Waals surface area (Å²) in [6, 6.07) is 5.22. The molecule has 1 aromatic carbocycles. The molecule has 5 nitrogen and oxygen atoms in total. The number of alkyl halides is 2. The summed E-state index contributed by atoms with van der Waals surface area (Å²) in [6.45, 7) is -0.542. The number of aliphatic hydroxyl groups is 1. The molecule has 0 aromatic heterocycles. The molecule has 0 radical (unpaired) electrons. The van der Waals surface area contributed by atoms with Crippen LogP contribution in [-0.4, -0.2) is 41.2 Å². The number of rotatable bonds is 6. The number of benzene rings is 1. The van der Waals surface area contributed by atoms with Crippen LogP contribution < -0.4 is 11.1 Å². The third-order valence-electron chi connectivity index (χ3n) is 2.51. The van der Waals surface area contributed by atoms with E-state index in [1.54, 1.807) is 12.1 Å². The van der Waals surface area contributed by atoms with Crippen LogP contribution in [-0.2, 0) is 11.2 Å². The molecule has 0 spiro atoms. The van der Waals surface area contributed by atoms with Gasteiger partial charge in [-0.3, -0.25) is 4.79 Å². The number of phenols is 1. The number of hydrogen-bond acceptors (Lipinski definition) is 4. The minimum atomic E-state index is -2.91. The minimum absolute atomic E-state index is 0.0989. The monoisotopic (exact) mass is 274 g/mol. The molecule has 0 saturated carbocycles. The predicted octanol–water partition coefficient (Wildman–Crippen LogP) is 0.00420. The molecule has 1 unspecified atom stereocenters. The van der Waals surface area contributed by atoms with Crippen molar-refractivity contribution in [2.24, 2.45) is 5.73 Å². The van der Waals surface area contributed by atoms with Crippen molar-refractivity contribution in [1.29, 1.82) is 0 Å². The van der Waals surface area contributed by atoms with Crippen LogP contribution in [0, 0.1) is 0 Å². The van der Waals surface area contributed by atoms with Gasteiger partial charge in [0.25, 0.3) is 6.43 Å². The Morgan fingerprint density at radius 1 is 1.32 bits per heavy atom. The van der Waals surface area contributed by atoms with E-state index in [4.69, 9.17) is 15.9 Å². The SMILES string of the molecule is N[C@@H](Cc1ccc(O)cc1)C(=O)NCC(O)C(F)F. The number of hydrogen-bond donors (Lipinski definition) is 4. The van der Waals surface area contributed by atoms with Crippen molar-refractivity contribution < 1.29 is 23.8 Å². The Morgan fingerprint density at radius 3 is 2.42 bits per heavy atom. The molecule has 0 fully saturated rings. The fourth-order valence-corrected chi connectivity index (χ4v) is 1.40. The molecule has 106 valence electrons. The lowest BCUT2D eigenvalue weighted by Gasteiger charge is -2.14. The number of carbonyl (C=O) groups is 1. The summed E-state index contributed by atoms with van der Waals surface area (Å²) in [7, 11) is 0. The normalized spacial score (nSPS) is 14.2. The van der Waals surface area contributed by atoms with Gasteiger partial charge in [-0.2, -0.15) is 0 Å². The average molecular weight is 274 g/mol. The lowest BCUT2D eigenvalue weighted by molar-refractivity contribution is -0.123. The van der Waals surface area contributed by atoms with E-state index in [9.17, 15) is 13.6 Å². The van der Waals surface area contributed by atoms with E-state index in [1.165, 1.54) is 12.1 Å². The van der Waals surface area contributed by atoms with Crippen molar-refractivity contribution in [1.82, 2.24) is 5.32 Å². The van der Waals surface area contributed by atoms with E-state index < -0.39 is 31.0 Å². The quantitative estimate of drug-likeness (QED) is 0.587. The first kappa shape index (κ1) is 15.3. The number of aromatic hydroxyl groups is 1. The van der Waals surface area contributed by atoms with Gasteiger partial charge in [0.05, 0.1) is 6.04 Å². The maximum atomic E-state index is 12.0. The Bertz CT molecular complexity index is 412. The molecule has 1 rings (SSSR count). The van der Waals surface area contributed by atoms with E-state index in [0.717, 1.165) is 5.56 Å². The molecule has 7 heteroatoms. The summed E-state index contributed by atoms with van der Waals surface area (Å²) in [4.78, 5) is 11.5. The second-order valence-electron chi connectivity index (χ2n) is 4.12. The highest BCUT2D eigenvalue weighted by Crippen LogP contribution is 2.10. The molecule has 0 heterocycles. The molecular weight excluding hydrogens is 258 g/mol. The van der Waals surface area contributed by atoms with Gasteiger partial charge in [0, 0.05) is 6.54 Å². The Labute approximate surface area is 109 Å². The van der Waals surface area contributed by atoms with Gasteiger partial charge in [0.2, 0.25) is 5.91 Å². The third-order valence-corrected chi connectivity index (χ3v) is 2.51. The molecule has 2 atom stereocenters. The zero-order valence-electron chi connectivity index (χ0n) is 10.1. The summed E-state index contributed by atoms with van der Waals surface area (Å²) in [5.74, 6) is -0.519. The van der Waals surface area contributed by atoms with Crippen molar-refractivity contribution >= 4 is 5.91 Å². The summed E-state index contributed by atoms with van der Waals surface area (Å²) in [5, 5.41) is 20.1. The Kier molecular flexibility index (Phi) is 5.65. The summed E-state index contributed by atoms with van der Waals surface area (Å²) < 4.78 is 24.0. The molecule has 0 aliphatic heterocycles. The third kappa shape index (κ3) is 5.19. The van der Waals surface area contributed by atoms with Crippen molar-refractivity contribution in [3.8, 4) is 5.75 Å². The number of nitrogens with two attached hydrogens (primary N) is 1. The van der Waals surface area contributed by atoms with Gasteiger partial charge >= 0.3 is 0 Å². The van der Waals surface area contributed by atoms with E-state index in [0.29, 0.717) is 0 Å². The summed E-state index contributed by atoms with van der Waals surface area (Å²) >= 11 is 0. The predicted molar refractivity (Wildman–Crippen MR) is 64.8 cm³/mol. The van der Waals surface area contributed by atoms with Crippen LogP contribution in [0.25, 0.3) is 0 Å². The molecule has 0 saturated heterocycles. The molecule has 1 amide bonds. The maximum absolute atomic E-state index is 12.0. The molecular formula is C12H16F2N2O3. The Balaban J connectivity index is 2.42. The average Bonchev–Trinajstić information content (AvgIpc) is 2.37. The number of carbonyl (C=O) groups excluding carboxylic acids is 1. The van der Waals surface area contributed by atoms with Crippen LogP contribution in [0.2, 0.25) is 0 Å². The van der Waals surface area contributed by atoms with Gasteiger partial charge in [-0.15, -0.1) is 0 Å². The number of halogens is 2. The van der Waals surface area contributed by atoms with E-state index >= 15 is 0 Å². The zero-order valence-corrected chi connectivity index (χ0v) is 10.1. The highest BCUT2D eigenvalue weighted by Gasteiger charge is 2.20. The Morgan fingerprint density at radius 2 is 1.89 bits per heavy atom. The Hall–Kier alpha value is -1.73. The zero-order chi connectivity index (χ0) is 14.4. The van der Waals surface area contributed by atoms with E-state index in [2.05, 4.69) is 5.32 Å². The van der Waals surface area contributed by atoms with Gasteiger partial charge in [-0.25, -0.2) is 8.78 Å². The van der Waals surface area contributed by atoms with Crippen molar-refractivity contribution in [2.45, 2.75) is 25.0 Å². The number of aliphatic hydroxyl groups excluding tert-OH is 1. The minimum Gasteiger partial charge on any atom is -0.508 e. The van der Waals surface area contributed by atoms with Gasteiger partial charge in [0.1, 0.15) is 11.9 Å². The van der Waals surface area contributed by atoms with Crippen molar-refractivity contribution in [3.05, 3.63) is 29.8 Å². The standard InChI is InChI=1S/C12H16F2N2O3/c13-11(14)10(18)6-16-12(19)9(15)5-7-1-3-8(17)4-2-7/h1-4,9-11,17-18H,5-6,15H2,(H,16,19)/t9-,10?/m0/s1. The molecule has 5 N–H and O–H groups in total. The van der Waals surface area contributed by atoms with E-state index in [1.807, 2.05) is 0 Å². The largest absolute Gasteiger partial charge is 0.508 e. The lowest BCUT2D eigenvalue weighted by Crippen LogP contribution is -2.45. The molecule has 0 aliphatic carbocycles. The van der Waals surface area contributed by atoms with E-state index in [-0.39, 0.29) is 12.2 Å². The van der Waals surface area contributed by atoms with Gasteiger partial charge in [-0.1, -0.05) is 12.1 Å². The van der Waals surface area contributed by atoms with Crippen LogP contribution in [0.5, 0.6) is 5.75 Å². The number of amides is 1. The van der Waals surface area contributed by atoms with Gasteiger partial charge in [0.15, 0.2) is 0 Å². The number of nitrogens with one attached hydrogen (secondary N) is 1. The molecule has 19 heavy (non-hydrogen) atoms. The molecule has 0 aliphatic rings. The topological polar surface area (TPSA) is 95.6 Å². The van der Waals surface area contributed by atoms with Crippen LogP contribution in [0.3, 0.4) is 0 Å². The fourth-order valence-electron chi connectivity index (χ4n) is 1.40. The fraction of sp³-hybridized carbons (Fsp3) is 0.417. The highest BCUT2D eigenvalue weighted by atomic mass is 19.3. The van der Waals surface area contributed by atoms with Crippen molar-refractivity contribution in [2.75, 3.05) is 6.54 Å². The first-order valence-corrected chi connectivity index (χ1v) is 5.67. The van der Waals surface area contributed by atoms with Crippen LogP contribution in [0.4, 0.5) is 8.78 Å². The maximum Gasteiger partial charge on any atom is 0.265 e. The molecule has 1 aromatic rings. The van der Waals surface area contributed by atoms with Gasteiger partial charge < -0.3 is 21.3 Å². The number of phenolic OH excluding ortho intramolecular Hbond substituents is 1. The summed E-state index contributed by atoms with van der Waals surface area (Å²) in [5.41, 5.74) is 6.34. The first-order chi connectivity index (χ1) is 8.90. The van der Waals surface area contributed by atoms with Crippen LogP contribution in [0.1, 0.15) is 5.56 Å². The van der Waals surface area contributed by atoms with Gasteiger partial charge in [-0.05, 0) is 24.1 Å². The smallest absolute Gasteiger partial charge is 0.265 e. The summed E-state index contributed by atoms with van der Waals surface area (Å²) in [6.07, 6.45) is -4.60. The lowest BCUT2D eigenvalue weighted by atomic mass is 10.1. The van der Waals surface area contributed by atoms with Crippen LogP contribution in [0.15, 0.2) is 24.3 Å².